The summed E-state index contributed by atoms with van der Waals surface area (Å²) in [7, 11) is 1.91. The van der Waals surface area contributed by atoms with E-state index in [9.17, 15) is 0 Å². The van der Waals surface area contributed by atoms with Crippen LogP contribution in [0.3, 0.4) is 0 Å². The number of rotatable bonds is 6. The van der Waals surface area contributed by atoms with Crippen molar-refractivity contribution in [3.63, 3.8) is 0 Å². The lowest BCUT2D eigenvalue weighted by atomic mass is 10.3. The molecule has 0 atom stereocenters. The highest BCUT2D eigenvalue weighted by Crippen LogP contribution is 2.27. The molecular weight excluding hydrogens is 302 g/mol. The van der Waals surface area contributed by atoms with Gasteiger partial charge in [0, 0.05) is 12.7 Å². The molecule has 0 spiro atoms. The van der Waals surface area contributed by atoms with Crippen molar-refractivity contribution in [1.82, 2.24) is 15.2 Å². The number of hydrogen-bond donors (Lipinski definition) is 1. The van der Waals surface area contributed by atoms with E-state index in [1.165, 1.54) is 0 Å². The Labute approximate surface area is 141 Å². The topological polar surface area (TPSA) is 63.2 Å². The van der Waals surface area contributed by atoms with E-state index in [1.807, 2.05) is 73.5 Å². The highest BCUT2D eigenvalue weighted by atomic mass is 16.5. The first-order valence-electron chi connectivity index (χ1n) is 7.75. The molecule has 2 aromatic carbocycles. The lowest BCUT2D eigenvalue weighted by Crippen LogP contribution is -2.14. The van der Waals surface area contributed by atoms with Crippen molar-refractivity contribution < 1.29 is 4.74 Å². The number of hydrogen-bond acceptors (Lipinski definition) is 6. The Morgan fingerprint density at radius 1 is 1.04 bits per heavy atom. The maximum Gasteiger partial charge on any atom is 0.251 e. The molecule has 0 amide bonds. The fourth-order valence-corrected chi connectivity index (χ4v) is 2.25. The molecule has 3 rings (SSSR count). The van der Waals surface area contributed by atoms with E-state index in [-0.39, 0.29) is 0 Å². The van der Waals surface area contributed by atoms with E-state index < -0.39 is 0 Å². The first kappa shape index (κ1) is 15.7. The Kier molecular flexibility index (Phi) is 4.86. The minimum atomic E-state index is 0.514. The fraction of sp³-hybridized carbons (Fsp3) is 0.167. The molecule has 0 saturated heterocycles. The van der Waals surface area contributed by atoms with Crippen LogP contribution in [0.4, 0.5) is 23.1 Å². The Morgan fingerprint density at radius 3 is 2.58 bits per heavy atom. The van der Waals surface area contributed by atoms with Crippen LogP contribution in [0.1, 0.15) is 6.92 Å². The van der Waals surface area contributed by atoms with Crippen molar-refractivity contribution in [2.45, 2.75) is 6.92 Å². The molecule has 24 heavy (non-hydrogen) atoms. The van der Waals surface area contributed by atoms with Gasteiger partial charge in [-0.25, -0.2) is 0 Å². The van der Waals surface area contributed by atoms with Gasteiger partial charge in [-0.15, -0.1) is 5.10 Å². The molecule has 0 fully saturated rings. The third kappa shape index (κ3) is 3.60. The molecule has 3 aromatic rings. The second-order valence-corrected chi connectivity index (χ2v) is 5.09. The van der Waals surface area contributed by atoms with E-state index in [1.54, 1.807) is 6.20 Å². The highest BCUT2D eigenvalue weighted by molar-refractivity contribution is 5.65. The highest BCUT2D eigenvalue weighted by Gasteiger charge is 2.10. The summed E-state index contributed by atoms with van der Waals surface area (Å²) in [4.78, 5) is 6.41. The summed E-state index contributed by atoms with van der Waals surface area (Å²) < 4.78 is 5.62. The molecule has 1 heterocycles. The molecule has 0 radical (unpaired) electrons. The molecule has 1 aromatic heterocycles. The molecule has 1 N–H and O–H groups in total. The summed E-state index contributed by atoms with van der Waals surface area (Å²) in [6, 6.07) is 17.6. The van der Waals surface area contributed by atoms with Gasteiger partial charge in [0.25, 0.3) is 5.95 Å². The van der Waals surface area contributed by atoms with Gasteiger partial charge in [-0.05, 0) is 31.2 Å². The predicted octanol–water partition coefficient (Wildman–Crippen LogP) is 3.78. The van der Waals surface area contributed by atoms with Gasteiger partial charge < -0.3 is 15.0 Å². The number of ether oxygens (including phenoxy) is 1. The first-order chi connectivity index (χ1) is 11.8. The number of anilines is 4. The first-order valence-corrected chi connectivity index (χ1v) is 7.75. The monoisotopic (exact) mass is 321 g/mol. The Bertz CT molecular complexity index is 794. The molecule has 0 aliphatic carbocycles. The molecule has 0 unspecified atom stereocenters. The van der Waals surface area contributed by atoms with Crippen LogP contribution in [0.15, 0.2) is 60.8 Å². The smallest absolute Gasteiger partial charge is 0.251 e. The number of benzene rings is 2. The summed E-state index contributed by atoms with van der Waals surface area (Å²) in [6.07, 6.45) is 1.59. The van der Waals surface area contributed by atoms with E-state index in [0.29, 0.717) is 18.4 Å². The minimum absolute atomic E-state index is 0.514. The van der Waals surface area contributed by atoms with E-state index in [0.717, 1.165) is 17.1 Å². The zero-order valence-corrected chi connectivity index (χ0v) is 13.7. The molecule has 6 nitrogen and oxygen atoms in total. The minimum Gasteiger partial charge on any atom is -0.492 e. The number of para-hydroxylation sites is 3. The van der Waals surface area contributed by atoms with Crippen molar-refractivity contribution in [2.75, 3.05) is 23.9 Å². The summed E-state index contributed by atoms with van der Waals surface area (Å²) >= 11 is 0. The van der Waals surface area contributed by atoms with Gasteiger partial charge in [0.05, 0.1) is 18.5 Å². The van der Waals surface area contributed by atoms with Crippen LogP contribution in [0, 0.1) is 0 Å². The average molecular weight is 321 g/mol. The number of nitrogens with one attached hydrogen (secondary N) is 1. The van der Waals surface area contributed by atoms with Gasteiger partial charge in [0.1, 0.15) is 5.75 Å². The zero-order valence-electron chi connectivity index (χ0n) is 13.7. The van der Waals surface area contributed by atoms with Crippen molar-refractivity contribution >= 4 is 23.1 Å². The maximum atomic E-state index is 5.62. The van der Waals surface area contributed by atoms with Crippen molar-refractivity contribution in [3.8, 4) is 5.75 Å². The molecule has 122 valence electrons. The van der Waals surface area contributed by atoms with Crippen LogP contribution in [-0.4, -0.2) is 28.8 Å². The second-order valence-electron chi connectivity index (χ2n) is 5.09. The standard InChI is InChI=1S/C18H19N5O/c1-3-24-16-12-8-7-11-15(16)20-17-13-19-22-18(21-17)23(2)14-9-5-4-6-10-14/h4-13H,3H2,1-2H3,(H,20,21,22). The van der Waals surface area contributed by atoms with Gasteiger partial charge in [0.15, 0.2) is 5.82 Å². The van der Waals surface area contributed by atoms with E-state index in [2.05, 4.69) is 20.5 Å². The van der Waals surface area contributed by atoms with E-state index >= 15 is 0 Å². The summed E-state index contributed by atoms with van der Waals surface area (Å²) in [5.74, 6) is 1.90. The van der Waals surface area contributed by atoms with Crippen LogP contribution in [-0.2, 0) is 0 Å². The van der Waals surface area contributed by atoms with Crippen molar-refractivity contribution in [3.05, 3.63) is 60.8 Å². The lowest BCUT2D eigenvalue weighted by molar-refractivity contribution is 0.342. The third-order valence-corrected chi connectivity index (χ3v) is 3.44. The Hall–Kier alpha value is -3.15. The molecule has 0 bridgehead atoms. The van der Waals surface area contributed by atoms with Crippen molar-refractivity contribution in [2.24, 2.45) is 0 Å². The van der Waals surface area contributed by atoms with Crippen LogP contribution in [0.2, 0.25) is 0 Å². The average Bonchev–Trinajstić information content (AvgIpc) is 2.64. The van der Waals surface area contributed by atoms with Gasteiger partial charge in [-0.1, -0.05) is 30.3 Å². The number of nitrogens with zero attached hydrogens (tertiary/aromatic N) is 4. The van der Waals surface area contributed by atoms with Crippen molar-refractivity contribution in [1.29, 1.82) is 0 Å². The predicted molar refractivity (Wildman–Crippen MR) is 95.2 cm³/mol. The van der Waals surface area contributed by atoms with Crippen LogP contribution in [0.25, 0.3) is 0 Å². The molecule has 0 aliphatic rings. The maximum absolute atomic E-state index is 5.62. The Morgan fingerprint density at radius 2 is 1.79 bits per heavy atom. The summed E-state index contributed by atoms with van der Waals surface area (Å²) in [5, 5.41) is 11.4. The van der Waals surface area contributed by atoms with Crippen LogP contribution in [0.5, 0.6) is 5.75 Å². The van der Waals surface area contributed by atoms with E-state index in [4.69, 9.17) is 4.74 Å². The second kappa shape index (κ2) is 7.41. The zero-order chi connectivity index (χ0) is 16.8. The van der Waals surface area contributed by atoms with Gasteiger partial charge in [-0.3, -0.25) is 0 Å². The largest absolute Gasteiger partial charge is 0.492 e. The van der Waals surface area contributed by atoms with Gasteiger partial charge in [-0.2, -0.15) is 10.1 Å². The Balaban J connectivity index is 1.84. The van der Waals surface area contributed by atoms with Gasteiger partial charge in [0.2, 0.25) is 0 Å². The third-order valence-electron chi connectivity index (χ3n) is 3.44. The molecule has 0 saturated carbocycles. The normalized spacial score (nSPS) is 10.2. The number of aromatic nitrogens is 3. The molecule has 0 aliphatic heterocycles. The molecule has 6 heteroatoms. The summed E-state index contributed by atoms with van der Waals surface area (Å²) in [6.45, 7) is 2.55. The fourth-order valence-electron chi connectivity index (χ4n) is 2.25. The SMILES string of the molecule is CCOc1ccccc1Nc1cnnc(N(C)c2ccccc2)n1. The quantitative estimate of drug-likeness (QED) is 0.745. The van der Waals surface area contributed by atoms with Crippen LogP contribution < -0.4 is 15.0 Å². The summed E-state index contributed by atoms with van der Waals surface area (Å²) in [5.41, 5.74) is 1.83. The van der Waals surface area contributed by atoms with Gasteiger partial charge >= 0.3 is 0 Å². The lowest BCUT2D eigenvalue weighted by Gasteiger charge is -2.17. The van der Waals surface area contributed by atoms with Crippen LogP contribution >= 0.6 is 0 Å². The molecular formula is C18H19N5O.